The van der Waals surface area contributed by atoms with E-state index in [0.29, 0.717) is 6.54 Å². The van der Waals surface area contributed by atoms with Crippen LogP contribution in [-0.4, -0.2) is 53.3 Å². The van der Waals surface area contributed by atoms with E-state index in [9.17, 15) is 9.90 Å². The van der Waals surface area contributed by atoms with Gasteiger partial charge in [0, 0.05) is 19.1 Å². The lowest BCUT2D eigenvalue weighted by Gasteiger charge is -2.25. The summed E-state index contributed by atoms with van der Waals surface area (Å²) in [5.41, 5.74) is 0.286. The van der Waals surface area contributed by atoms with Crippen LogP contribution in [0.1, 0.15) is 23.2 Å². The molecule has 5 heteroatoms. The summed E-state index contributed by atoms with van der Waals surface area (Å²) in [4.78, 5) is 14.0. The smallest absolute Gasteiger partial charge is 0.257 e. The number of phenols is 1. The van der Waals surface area contributed by atoms with E-state index in [0.717, 1.165) is 19.4 Å². The zero-order valence-corrected chi connectivity index (χ0v) is 10.9. The standard InChI is InChI=1S/C14H20N2O3/c17-9-8-16(10-11-4-3-7-15-11)14(19)12-5-1-2-6-13(12)18/h1-2,5-6,11,15,17-18H,3-4,7-10H2. The largest absolute Gasteiger partial charge is 0.507 e. The molecule has 0 radical (unpaired) electrons. The third kappa shape index (κ3) is 3.45. The number of aromatic hydroxyl groups is 1. The third-order valence-corrected chi connectivity index (χ3v) is 3.39. The lowest BCUT2D eigenvalue weighted by molar-refractivity contribution is 0.0703. The number of carbonyl (C=O) groups excluding carboxylic acids is 1. The topological polar surface area (TPSA) is 72.8 Å². The molecule has 1 saturated heterocycles. The minimum atomic E-state index is -0.235. The normalized spacial score (nSPS) is 18.5. The quantitative estimate of drug-likeness (QED) is 0.727. The van der Waals surface area contributed by atoms with Gasteiger partial charge in [-0.25, -0.2) is 0 Å². The number of aliphatic hydroxyl groups is 1. The zero-order valence-electron chi connectivity index (χ0n) is 10.9. The van der Waals surface area contributed by atoms with Crippen molar-refractivity contribution >= 4 is 5.91 Å². The molecule has 0 saturated carbocycles. The molecule has 1 aromatic carbocycles. The highest BCUT2D eigenvalue weighted by Gasteiger charge is 2.23. The second-order valence-electron chi connectivity index (χ2n) is 4.79. The summed E-state index contributed by atoms with van der Waals surface area (Å²) in [5.74, 6) is -0.254. The summed E-state index contributed by atoms with van der Waals surface area (Å²) in [7, 11) is 0. The van der Waals surface area contributed by atoms with Crippen LogP contribution in [0.15, 0.2) is 24.3 Å². The first kappa shape index (κ1) is 13.8. The molecule has 1 unspecified atom stereocenters. The predicted octanol–water partition coefficient (Wildman–Crippen LogP) is 0.579. The summed E-state index contributed by atoms with van der Waals surface area (Å²) < 4.78 is 0. The lowest BCUT2D eigenvalue weighted by Crippen LogP contribution is -2.42. The fourth-order valence-electron chi connectivity index (χ4n) is 2.40. The molecule has 1 heterocycles. The van der Waals surface area contributed by atoms with Crippen molar-refractivity contribution in [3.63, 3.8) is 0 Å². The first-order valence-corrected chi connectivity index (χ1v) is 6.64. The fraction of sp³-hybridized carbons (Fsp3) is 0.500. The number of amides is 1. The Kier molecular flexibility index (Phi) is 4.76. The summed E-state index contributed by atoms with van der Waals surface area (Å²) in [6.07, 6.45) is 2.15. The maximum absolute atomic E-state index is 12.4. The van der Waals surface area contributed by atoms with Crippen LogP contribution in [0.5, 0.6) is 5.75 Å². The van der Waals surface area contributed by atoms with Crippen LogP contribution in [0.3, 0.4) is 0 Å². The molecule has 1 aliphatic rings. The van der Waals surface area contributed by atoms with Gasteiger partial charge in [0.2, 0.25) is 0 Å². The molecular formula is C14H20N2O3. The van der Waals surface area contributed by atoms with Crippen molar-refractivity contribution in [1.29, 1.82) is 0 Å². The Labute approximate surface area is 112 Å². The summed E-state index contributed by atoms with van der Waals surface area (Å²) >= 11 is 0. The number of rotatable bonds is 5. The van der Waals surface area contributed by atoms with Gasteiger partial charge in [-0.3, -0.25) is 4.79 Å². The molecule has 2 rings (SSSR count). The summed E-state index contributed by atoms with van der Waals surface area (Å²) in [5, 5.41) is 22.2. The van der Waals surface area contributed by atoms with Crippen LogP contribution in [0.25, 0.3) is 0 Å². The average Bonchev–Trinajstić information content (AvgIpc) is 2.91. The number of hydrogen-bond acceptors (Lipinski definition) is 4. The Hall–Kier alpha value is -1.59. The van der Waals surface area contributed by atoms with Crippen LogP contribution < -0.4 is 5.32 Å². The Morgan fingerprint density at radius 2 is 2.21 bits per heavy atom. The van der Waals surface area contributed by atoms with E-state index >= 15 is 0 Å². The molecule has 0 spiro atoms. The Balaban J connectivity index is 2.09. The molecule has 3 N–H and O–H groups in total. The van der Waals surface area contributed by atoms with E-state index in [-0.39, 0.29) is 36.4 Å². The molecule has 5 nitrogen and oxygen atoms in total. The van der Waals surface area contributed by atoms with E-state index in [2.05, 4.69) is 5.32 Å². The fourth-order valence-corrected chi connectivity index (χ4v) is 2.40. The van der Waals surface area contributed by atoms with Gasteiger partial charge >= 0.3 is 0 Å². The highest BCUT2D eigenvalue weighted by atomic mass is 16.3. The number of aliphatic hydroxyl groups excluding tert-OH is 1. The first-order valence-electron chi connectivity index (χ1n) is 6.64. The van der Waals surface area contributed by atoms with Crippen molar-refractivity contribution in [2.24, 2.45) is 0 Å². The zero-order chi connectivity index (χ0) is 13.7. The van der Waals surface area contributed by atoms with Crippen molar-refractivity contribution < 1.29 is 15.0 Å². The number of nitrogens with one attached hydrogen (secondary N) is 1. The molecular weight excluding hydrogens is 244 g/mol. The van der Waals surface area contributed by atoms with Gasteiger partial charge in [0.25, 0.3) is 5.91 Å². The Bertz CT molecular complexity index is 430. The Morgan fingerprint density at radius 3 is 2.84 bits per heavy atom. The number of phenolic OH excluding ortho intramolecular Hbond substituents is 1. The van der Waals surface area contributed by atoms with Crippen LogP contribution in [-0.2, 0) is 0 Å². The third-order valence-electron chi connectivity index (χ3n) is 3.39. The monoisotopic (exact) mass is 264 g/mol. The van der Waals surface area contributed by atoms with Crippen molar-refractivity contribution in [2.75, 3.05) is 26.2 Å². The molecule has 1 aliphatic heterocycles. The Morgan fingerprint density at radius 1 is 1.42 bits per heavy atom. The molecule has 0 aromatic heterocycles. The number of benzene rings is 1. The van der Waals surface area contributed by atoms with E-state index < -0.39 is 0 Å². The average molecular weight is 264 g/mol. The maximum atomic E-state index is 12.4. The van der Waals surface area contributed by atoms with E-state index in [4.69, 9.17) is 5.11 Å². The molecule has 19 heavy (non-hydrogen) atoms. The molecule has 1 atom stereocenters. The number of nitrogens with zero attached hydrogens (tertiary/aromatic N) is 1. The maximum Gasteiger partial charge on any atom is 0.257 e. The summed E-state index contributed by atoms with van der Waals surface area (Å²) in [6, 6.07) is 6.78. The van der Waals surface area contributed by atoms with Crippen LogP contribution in [0.2, 0.25) is 0 Å². The van der Waals surface area contributed by atoms with Gasteiger partial charge in [0.05, 0.1) is 12.2 Å². The molecule has 0 aliphatic carbocycles. The lowest BCUT2D eigenvalue weighted by atomic mass is 10.1. The van der Waals surface area contributed by atoms with Gasteiger partial charge in [-0.05, 0) is 31.5 Å². The van der Waals surface area contributed by atoms with Crippen molar-refractivity contribution in [1.82, 2.24) is 10.2 Å². The molecule has 1 amide bonds. The first-order chi connectivity index (χ1) is 9.22. The second kappa shape index (κ2) is 6.54. The predicted molar refractivity (Wildman–Crippen MR) is 72.1 cm³/mol. The van der Waals surface area contributed by atoms with Gasteiger partial charge in [-0.15, -0.1) is 0 Å². The van der Waals surface area contributed by atoms with E-state index in [1.165, 1.54) is 6.07 Å². The molecule has 0 bridgehead atoms. The van der Waals surface area contributed by atoms with Crippen molar-refractivity contribution in [3.05, 3.63) is 29.8 Å². The van der Waals surface area contributed by atoms with Gasteiger partial charge in [0.1, 0.15) is 5.75 Å². The minimum absolute atomic E-state index is 0.0187. The van der Waals surface area contributed by atoms with Crippen LogP contribution in [0.4, 0.5) is 0 Å². The number of carbonyl (C=O) groups is 1. The number of para-hydroxylation sites is 1. The van der Waals surface area contributed by atoms with Gasteiger partial charge < -0.3 is 20.4 Å². The van der Waals surface area contributed by atoms with E-state index in [1.807, 2.05) is 0 Å². The van der Waals surface area contributed by atoms with Gasteiger partial charge in [0.15, 0.2) is 0 Å². The second-order valence-corrected chi connectivity index (χ2v) is 4.79. The van der Waals surface area contributed by atoms with Crippen LogP contribution in [0, 0.1) is 0 Å². The molecule has 1 fully saturated rings. The highest BCUT2D eigenvalue weighted by molar-refractivity contribution is 5.96. The SMILES string of the molecule is O=C(c1ccccc1O)N(CCO)CC1CCCN1. The van der Waals surface area contributed by atoms with Crippen molar-refractivity contribution in [2.45, 2.75) is 18.9 Å². The van der Waals surface area contributed by atoms with Gasteiger partial charge in [-0.2, -0.15) is 0 Å². The number of hydrogen-bond donors (Lipinski definition) is 3. The molecule has 104 valence electrons. The van der Waals surface area contributed by atoms with Crippen molar-refractivity contribution in [3.8, 4) is 5.75 Å². The highest BCUT2D eigenvalue weighted by Crippen LogP contribution is 2.18. The van der Waals surface area contributed by atoms with E-state index in [1.54, 1.807) is 23.1 Å². The minimum Gasteiger partial charge on any atom is -0.507 e. The van der Waals surface area contributed by atoms with Crippen LogP contribution >= 0.6 is 0 Å². The summed E-state index contributed by atoms with van der Waals surface area (Å²) in [6.45, 7) is 1.74. The van der Waals surface area contributed by atoms with Gasteiger partial charge in [-0.1, -0.05) is 12.1 Å². The molecule has 1 aromatic rings.